The minimum Gasteiger partial charge on any atom is -0.369 e. The van der Waals surface area contributed by atoms with Crippen molar-refractivity contribution in [2.45, 2.75) is 19.8 Å². The molecule has 1 heterocycles. The van der Waals surface area contributed by atoms with Gasteiger partial charge in [0.1, 0.15) is 0 Å². The Bertz CT molecular complexity index is 357. The van der Waals surface area contributed by atoms with E-state index >= 15 is 0 Å². The van der Waals surface area contributed by atoms with E-state index in [1.165, 1.54) is 15.7 Å². The third-order valence-corrected chi connectivity index (χ3v) is 3.77. The monoisotopic (exact) mass is 282 g/mol. The lowest BCUT2D eigenvalue weighted by Gasteiger charge is -2.30. The molecule has 0 spiro atoms. The molecular formula is C13H19BrN2. The Morgan fingerprint density at radius 1 is 1.25 bits per heavy atom. The van der Waals surface area contributed by atoms with E-state index in [4.69, 9.17) is 0 Å². The lowest BCUT2D eigenvalue weighted by molar-refractivity contribution is 0.589. The van der Waals surface area contributed by atoms with Crippen molar-refractivity contribution in [3.8, 4) is 0 Å². The Labute approximate surface area is 106 Å². The van der Waals surface area contributed by atoms with Gasteiger partial charge in [-0.25, -0.2) is 0 Å². The third-order valence-electron chi connectivity index (χ3n) is 3.09. The molecule has 88 valence electrons. The van der Waals surface area contributed by atoms with Crippen LogP contribution in [-0.2, 0) is 0 Å². The molecule has 1 aromatic rings. The van der Waals surface area contributed by atoms with E-state index in [1.807, 2.05) is 0 Å². The van der Waals surface area contributed by atoms with Crippen molar-refractivity contribution in [2.24, 2.45) is 0 Å². The predicted octanol–water partition coefficient (Wildman–Crippen LogP) is 2.98. The molecule has 1 fully saturated rings. The van der Waals surface area contributed by atoms with Gasteiger partial charge in [0, 0.05) is 36.3 Å². The van der Waals surface area contributed by atoms with E-state index in [9.17, 15) is 0 Å². The summed E-state index contributed by atoms with van der Waals surface area (Å²) in [5.74, 6) is 0.575. The first kappa shape index (κ1) is 11.9. The van der Waals surface area contributed by atoms with Crippen LogP contribution in [-0.4, -0.2) is 26.2 Å². The number of hydrogen-bond acceptors (Lipinski definition) is 2. The Kier molecular flexibility index (Phi) is 3.87. The zero-order valence-electron chi connectivity index (χ0n) is 9.96. The fraction of sp³-hybridized carbons (Fsp3) is 0.538. The highest BCUT2D eigenvalue weighted by atomic mass is 79.9. The second-order valence-electron chi connectivity index (χ2n) is 4.60. The molecule has 0 aromatic heterocycles. The number of rotatable bonds is 2. The molecule has 3 heteroatoms. The maximum absolute atomic E-state index is 3.67. The van der Waals surface area contributed by atoms with E-state index in [0.29, 0.717) is 5.92 Å². The van der Waals surface area contributed by atoms with E-state index in [2.05, 4.69) is 58.2 Å². The Hall–Kier alpha value is -0.540. The summed E-state index contributed by atoms with van der Waals surface area (Å²) >= 11 is 3.67. The highest BCUT2D eigenvalue weighted by Crippen LogP contribution is 2.29. The second-order valence-corrected chi connectivity index (χ2v) is 5.45. The lowest BCUT2D eigenvalue weighted by atomic mass is 10.0. The Morgan fingerprint density at radius 3 is 2.50 bits per heavy atom. The normalized spacial score (nSPS) is 16.9. The van der Waals surface area contributed by atoms with Gasteiger partial charge in [-0.05, 0) is 23.6 Å². The van der Waals surface area contributed by atoms with Crippen molar-refractivity contribution in [3.63, 3.8) is 0 Å². The van der Waals surface area contributed by atoms with Crippen LogP contribution < -0.4 is 10.2 Å². The molecule has 1 saturated heterocycles. The van der Waals surface area contributed by atoms with Crippen LogP contribution in [0.4, 0.5) is 5.69 Å². The summed E-state index contributed by atoms with van der Waals surface area (Å²) in [5.41, 5.74) is 2.72. The molecule has 0 aliphatic carbocycles. The Morgan fingerprint density at radius 2 is 1.94 bits per heavy atom. The van der Waals surface area contributed by atoms with Crippen LogP contribution in [0.15, 0.2) is 22.7 Å². The molecule has 2 rings (SSSR count). The van der Waals surface area contributed by atoms with E-state index in [1.54, 1.807) is 0 Å². The number of anilines is 1. The smallest absolute Gasteiger partial charge is 0.0378 e. The van der Waals surface area contributed by atoms with Crippen molar-refractivity contribution in [1.82, 2.24) is 5.32 Å². The van der Waals surface area contributed by atoms with E-state index in [-0.39, 0.29) is 0 Å². The van der Waals surface area contributed by atoms with Crippen molar-refractivity contribution < 1.29 is 0 Å². The molecule has 0 atom stereocenters. The van der Waals surface area contributed by atoms with E-state index in [0.717, 1.165) is 26.2 Å². The summed E-state index contributed by atoms with van der Waals surface area (Å²) in [6, 6.07) is 6.73. The molecule has 1 N–H and O–H groups in total. The predicted molar refractivity (Wildman–Crippen MR) is 73.3 cm³/mol. The van der Waals surface area contributed by atoms with Gasteiger partial charge in [-0.15, -0.1) is 0 Å². The highest BCUT2D eigenvalue weighted by Gasteiger charge is 2.12. The SMILES string of the molecule is CC(C)c1ccc(N2CCNCC2)cc1Br. The molecular weight excluding hydrogens is 264 g/mol. The fourth-order valence-corrected chi connectivity index (χ4v) is 2.93. The minimum absolute atomic E-state index is 0.575. The first-order chi connectivity index (χ1) is 7.68. The Balaban J connectivity index is 2.19. The molecule has 0 amide bonds. The zero-order valence-corrected chi connectivity index (χ0v) is 11.5. The number of halogens is 1. The van der Waals surface area contributed by atoms with Gasteiger partial charge < -0.3 is 10.2 Å². The number of piperazine rings is 1. The average Bonchev–Trinajstić information content (AvgIpc) is 2.29. The van der Waals surface area contributed by atoms with Crippen LogP contribution >= 0.6 is 15.9 Å². The summed E-state index contributed by atoms with van der Waals surface area (Å²) < 4.78 is 1.23. The average molecular weight is 283 g/mol. The molecule has 0 unspecified atom stereocenters. The first-order valence-corrected chi connectivity index (χ1v) is 6.73. The van der Waals surface area contributed by atoms with Crippen molar-refractivity contribution in [1.29, 1.82) is 0 Å². The van der Waals surface area contributed by atoms with Gasteiger partial charge >= 0.3 is 0 Å². The summed E-state index contributed by atoms with van der Waals surface area (Å²) in [6.07, 6.45) is 0. The largest absolute Gasteiger partial charge is 0.369 e. The molecule has 1 aliphatic heterocycles. The van der Waals surface area contributed by atoms with Crippen LogP contribution in [0.3, 0.4) is 0 Å². The van der Waals surface area contributed by atoms with Gasteiger partial charge in [-0.2, -0.15) is 0 Å². The fourth-order valence-electron chi connectivity index (χ4n) is 2.10. The summed E-state index contributed by atoms with van der Waals surface area (Å²) in [4.78, 5) is 2.44. The van der Waals surface area contributed by atoms with Crippen LogP contribution in [0.2, 0.25) is 0 Å². The van der Waals surface area contributed by atoms with Crippen LogP contribution in [0.5, 0.6) is 0 Å². The summed E-state index contributed by atoms with van der Waals surface area (Å²) in [5, 5.41) is 3.38. The van der Waals surface area contributed by atoms with Gasteiger partial charge in [0.2, 0.25) is 0 Å². The molecule has 0 saturated carbocycles. The molecule has 16 heavy (non-hydrogen) atoms. The summed E-state index contributed by atoms with van der Waals surface area (Å²) in [7, 11) is 0. The van der Waals surface area contributed by atoms with Gasteiger partial charge in [0.15, 0.2) is 0 Å². The van der Waals surface area contributed by atoms with Gasteiger partial charge in [-0.1, -0.05) is 35.8 Å². The molecule has 1 aromatic carbocycles. The van der Waals surface area contributed by atoms with Gasteiger partial charge in [0.05, 0.1) is 0 Å². The molecule has 2 nitrogen and oxygen atoms in total. The van der Waals surface area contributed by atoms with Crippen molar-refractivity contribution in [2.75, 3.05) is 31.1 Å². The number of hydrogen-bond donors (Lipinski definition) is 1. The standard InChI is InChI=1S/C13H19BrN2/c1-10(2)12-4-3-11(9-13(12)14)16-7-5-15-6-8-16/h3-4,9-10,15H,5-8H2,1-2H3. The molecule has 0 radical (unpaired) electrons. The first-order valence-electron chi connectivity index (χ1n) is 5.93. The summed E-state index contributed by atoms with van der Waals surface area (Å²) in [6.45, 7) is 8.84. The second kappa shape index (κ2) is 5.19. The quantitative estimate of drug-likeness (QED) is 0.897. The zero-order chi connectivity index (χ0) is 11.5. The molecule has 0 bridgehead atoms. The minimum atomic E-state index is 0.575. The van der Waals surface area contributed by atoms with Crippen LogP contribution in [0, 0.1) is 0 Å². The lowest BCUT2D eigenvalue weighted by Crippen LogP contribution is -2.43. The van der Waals surface area contributed by atoms with Crippen LogP contribution in [0.1, 0.15) is 25.3 Å². The highest BCUT2D eigenvalue weighted by molar-refractivity contribution is 9.10. The maximum atomic E-state index is 3.67. The maximum Gasteiger partial charge on any atom is 0.0378 e. The third kappa shape index (κ3) is 2.58. The van der Waals surface area contributed by atoms with Gasteiger partial charge in [0.25, 0.3) is 0 Å². The number of nitrogens with one attached hydrogen (secondary N) is 1. The van der Waals surface area contributed by atoms with Gasteiger partial charge in [-0.3, -0.25) is 0 Å². The number of nitrogens with zero attached hydrogens (tertiary/aromatic N) is 1. The van der Waals surface area contributed by atoms with Crippen molar-refractivity contribution >= 4 is 21.6 Å². The van der Waals surface area contributed by atoms with E-state index < -0.39 is 0 Å². The van der Waals surface area contributed by atoms with Crippen molar-refractivity contribution in [3.05, 3.63) is 28.2 Å². The molecule has 1 aliphatic rings. The van der Waals surface area contributed by atoms with Crippen LogP contribution in [0.25, 0.3) is 0 Å². The topological polar surface area (TPSA) is 15.3 Å². The number of benzene rings is 1.